The summed E-state index contributed by atoms with van der Waals surface area (Å²) in [5.74, 6) is 1.85. The lowest BCUT2D eigenvalue weighted by molar-refractivity contribution is 0.311. The summed E-state index contributed by atoms with van der Waals surface area (Å²) in [7, 11) is 0. The molecule has 1 N–H and O–H groups in total. The molecule has 0 bridgehead atoms. The van der Waals surface area contributed by atoms with Crippen LogP contribution in [-0.4, -0.2) is 35.6 Å². The summed E-state index contributed by atoms with van der Waals surface area (Å²) in [6, 6.07) is 2.73. The molecular formula is C18H30N4. The van der Waals surface area contributed by atoms with Crippen LogP contribution < -0.4 is 10.2 Å². The lowest BCUT2D eigenvalue weighted by Crippen LogP contribution is -2.44. The van der Waals surface area contributed by atoms with E-state index in [1.807, 2.05) is 6.07 Å². The summed E-state index contributed by atoms with van der Waals surface area (Å²) in [5.41, 5.74) is 2.14. The fourth-order valence-electron chi connectivity index (χ4n) is 3.86. The van der Waals surface area contributed by atoms with Crippen LogP contribution in [-0.2, 0) is 0 Å². The van der Waals surface area contributed by atoms with Gasteiger partial charge in [-0.2, -0.15) is 0 Å². The van der Waals surface area contributed by atoms with E-state index < -0.39 is 0 Å². The Hall–Kier alpha value is -1.16. The van der Waals surface area contributed by atoms with Crippen molar-refractivity contribution < 1.29 is 0 Å². The monoisotopic (exact) mass is 302 g/mol. The Bertz CT molecular complexity index is 454. The largest absolute Gasteiger partial charge is 0.341 e. The SMILES string of the molecule is Cc1cc(C)nc(N2CCC(NCC3CCCCC3)CC2)n1. The van der Waals surface area contributed by atoms with Crippen molar-refractivity contribution in [2.75, 3.05) is 24.5 Å². The molecule has 1 aliphatic carbocycles. The Morgan fingerprint density at radius 2 is 1.64 bits per heavy atom. The lowest BCUT2D eigenvalue weighted by atomic mass is 9.89. The van der Waals surface area contributed by atoms with Gasteiger partial charge >= 0.3 is 0 Å². The van der Waals surface area contributed by atoms with Crippen LogP contribution >= 0.6 is 0 Å². The average molecular weight is 302 g/mol. The molecule has 0 unspecified atom stereocenters. The summed E-state index contributed by atoms with van der Waals surface area (Å²) in [6.07, 6.45) is 9.62. The molecule has 122 valence electrons. The van der Waals surface area contributed by atoms with E-state index in [0.717, 1.165) is 36.3 Å². The maximum atomic E-state index is 4.60. The molecule has 1 saturated carbocycles. The number of nitrogens with zero attached hydrogens (tertiary/aromatic N) is 3. The van der Waals surface area contributed by atoms with Crippen LogP contribution in [0.3, 0.4) is 0 Å². The van der Waals surface area contributed by atoms with E-state index in [-0.39, 0.29) is 0 Å². The summed E-state index contributed by atoms with van der Waals surface area (Å²) >= 11 is 0. The second-order valence-electron chi connectivity index (χ2n) is 7.12. The Labute approximate surface area is 134 Å². The number of nitrogens with one attached hydrogen (secondary N) is 1. The van der Waals surface area contributed by atoms with Gasteiger partial charge in [0.05, 0.1) is 0 Å². The molecule has 0 radical (unpaired) electrons. The second-order valence-corrected chi connectivity index (χ2v) is 7.12. The van der Waals surface area contributed by atoms with Gasteiger partial charge in [-0.1, -0.05) is 19.3 Å². The first kappa shape index (κ1) is 15.7. The Kier molecular flexibility index (Phi) is 5.29. The van der Waals surface area contributed by atoms with Crippen molar-refractivity contribution >= 4 is 5.95 Å². The maximum absolute atomic E-state index is 4.60. The molecule has 0 amide bonds. The van der Waals surface area contributed by atoms with Crippen LogP contribution in [0.1, 0.15) is 56.3 Å². The highest BCUT2D eigenvalue weighted by Crippen LogP contribution is 2.23. The Balaban J connectivity index is 1.45. The number of anilines is 1. The second kappa shape index (κ2) is 7.40. The van der Waals surface area contributed by atoms with Gasteiger partial charge in [0.15, 0.2) is 0 Å². The van der Waals surface area contributed by atoms with E-state index in [9.17, 15) is 0 Å². The van der Waals surface area contributed by atoms with E-state index in [0.29, 0.717) is 6.04 Å². The van der Waals surface area contributed by atoms with Gasteiger partial charge in [0, 0.05) is 30.5 Å². The highest BCUT2D eigenvalue weighted by atomic mass is 15.3. The van der Waals surface area contributed by atoms with Gasteiger partial charge in [0.25, 0.3) is 0 Å². The van der Waals surface area contributed by atoms with E-state index in [2.05, 4.69) is 34.0 Å². The molecule has 1 aliphatic heterocycles. The number of aryl methyl sites for hydroxylation is 2. The topological polar surface area (TPSA) is 41.1 Å². The fraction of sp³-hybridized carbons (Fsp3) is 0.778. The molecule has 2 heterocycles. The van der Waals surface area contributed by atoms with Gasteiger partial charge in [-0.05, 0) is 58.1 Å². The zero-order chi connectivity index (χ0) is 15.4. The van der Waals surface area contributed by atoms with Crippen molar-refractivity contribution in [1.29, 1.82) is 0 Å². The minimum Gasteiger partial charge on any atom is -0.341 e. The zero-order valence-electron chi connectivity index (χ0n) is 14.1. The summed E-state index contributed by atoms with van der Waals surface area (Å²) < 4.78 is 0. The van der Waals surface area contributed by atoms with Crippen LogP contribution in [0, 0.1) is 19.8 Å². The number of rotatable bonds is 4. The number of hydrogen-bond donors (Lipinski definition) is 1. The molecule has 2 aliphatic rings. The molecule has 3 rings (SSSR count). The minimum absolute atomic E-state index is 0.684. The zero-order valence-corrected chi connectivity index (χ0v) is 14.1. The smallest absolute Gasteiger partial charge is 0.225 e. The van der Waals surface area contributed by atoms with Crippen molar-refractivity contribution in [3.63, 3.8) is 0 Å². The molecule has 0 atom stereocenters. The lowest BCUT2D eigenvalue weighted by Gasteiger charge is -2.34. The number of piperidine rings is 1. The van der Waals surface area contributed by atoms with Crippen LogP contribution in [0.2, 0.25) is 0 Å². The van der Waals surface area contributed by atoms with Gasteiger partial charge < -0.3 is 10.2 Å². The maximum Gasteiger partial charge on any atom is 0.225 e. The fourth-order valence-corrected chi connectivity index (χ4v) is 3.86. The standard InChI is InChI=1S/C18H30N4/c1-14-12-15(2)21-18(20-14)22-10-8-17(9-11-22)19-13-16-6-4-3-5-7-16/h12,16-17,19H,3-11,13H2,1-2H3. The van der Waals surface area contributed by atoms with E-state index in [1.54, 1.807) is 0 Å². The third-order valence-corrected chi connectivity index (χ3v) is 5.17. The highest BCUT2D eigenvalue weighted by Gasteiger charge is 2.22. The van der Waals surface area contributed by atoms with Crippen LogP contribution in [0.5, 0.6) is 0 Å². The third kappa shape index (κ3) is 4.19. The summed E-state index contributed by atoms with van der Waals surface area (Å²) in [5, 5.41) is 3.82. The highest BCUT2D eigenvalue weighted by molar-refractivity contribution is 5.32. The predicted molar refractivity (Wildman–Crippen MR) is 91.3 cm³/mol. The third-order valence-electron chi connectivity index (χ3n) is 5.17. The van der Waals surface area contributed by atoms with Crippen molar-refractivity contribution in [1.82, 2.24) is 15.3 Å². The molecule has 4 heteroatoms. The Morgan fingerprint density at radius 3 is 2.27 bits per heavy atom. The summed E-state index contributed by atoms with van der Waals surface area (Å²) in [4.78, 5) is 11.5. The predicted octanol–water partition coefficient (Wildman–Crippen LogP) is 3.23. The molecule has 1 aromatic rings. The van der Waals surface area contributed by atoms with Crippen molar-refractivity contribution in [2.45, 2.75) is 64.8 Å². The van der Waals surface area contributed by atoms with Crippen molar-refractivity contribution in [2.24, 2.45) is 5.92 Å². The molecule has 2 fully saturated rings. The van der Waals surface area contributed by atoms with Gasteiger partial charge in [-0.15, -0.1) is 0 Å². The van der Waals surface area contributed by atoms with Crippen molar-refractivity contribution in [3.8, 4) is 0 Å². The normalized spacial score (nSPS) is 21.3. The Morgan fingerprint density at radius 1 is 1.00 bits per heavy atom. The number of hydrogen-bond acceptors (Lipinski definition) is 4. The first-order chi connectivity index (χ1) is 10.7. The van der Waals surface area contributed by atoms with Gasteiger partial charge in [0.1, 0.15) is 0 Å². The van der Waals surface area contributed by atoms with Gasteiger partial charge in [-0.25, -0.2) is 9.97 Å². The van der Waals surface area contributed by atoms with Gasteiger partial charge in [0.2, 0.25) is 5.95 Å². The van der Waals surface area contributed by atoms with E-state index >= 15 is 0 Å². The minimum atomic E-state index is 0.684. The van der Waals surface area contributed by atoms with Crippen LogP contribution in [0.15, 0.2) is 6.07 Å². The molecule has 1 aromatic heterocycles. The first-order valence-corrected chi connectivity index (χ1v) is 9.01. The quantitative estimate of drug-likeness (QED) is 0.927. The summed E-state index contributed by atoms with van der Waals surface area (Å²) in [6.45, 7) is 7.48. The molecular weight excluding hydrogens is 272 g/mol. The molecule has 22 heavy (non-hydrogen) atoms. The molecule has 0 aromatic carbocycles. The molecule has 0 spiro atoms. The first-order valence-electron chi connectivity index (χ1n) is 9.01. The van der Waals surface area contributed by atoms with Crippen LogP contribution in [0.4, 0.5) is 5.95 Å². The van der Waals surface area contributed by atoms with Crippen molar-refractivity contribution in [3.05, 3.63) is 17.5 Å². The van der Waals surface area contributed by atoms with Crippen LogP contribution in [0.25, 0.3) is 0 Å². The van der Waals surface area contributed by atoms with Gasteiger partial charge in [-0.3, -0.25) is 0 Å². The van der Waals surface area contributed by atoms with E-state index in [4.69, 9.17) is 0 Å². The number of aromatic nitrogens is 2. The molecule has 1 saturated heterocycles. The molecule has 4 nitrogen and oxygen atoms in total. The van der Waals surface area contributed by atoms with E-state index in [1.165, 1.54) is 51.5 Å². The average Bonchev–Trinajstić information content (AvgIpc) is 2.53.